The zero-order chi connectivity index (χ0) is 13.7. The van der Waals surface area contributed by atoms with Gasteiger partial charge in [-0.15, -0.1) is 0 Å². The third kappa shape index (κ3) is 3.84. The van der Waals surface area contributed by atoms with E-state index in [-0.39, 0.29) is 0 Å². The van der Waals surface area contributed by atoms with E-state index in [1.807, 2.05) is 6.07 Å². The average Bonchev–Trinajstić information content (AvgIpc) is 2.45. The van der Waals surface area contributed by atoms with Gasteiger partial charge in [0.15, 0.2) is 11.5 Å². The molecule has 106 valence electrons. The summed E-state index contributed by atoms with van der Waals surface area (Å²) in [6.07, 6.45) is 2.31. The summed E-state index contributed by atoms with van der Waals surface area (Å²) in [7, 11) is 3.29. The van der Waals surface area contributed by atoms with Gasteiger partial charge in [-0.1, -0.05) is 0 Å². The van der Waals surface area contributed by atoms with Crippen molar-refractivity contribution in [2.75, 3.05) is 27.4 Å². The molecule has 1 aliphatic heterocycles. The van der Waals surface area contributed by atoms with Crippen molar-refractivity contribution in [3.63, 3.8) is 0 Å². The SMILES string of the molecule is COc1cc(CNC2CCCOC2)cc(Br)c1OC. The van der Waals surface area contributed by atoms with Crippen LogP contribution in [0.1, 0.15) is 18.4 Å². The minimum atomic E-state index is 0.445. The Labute approximate surface area is 122 Å². The molecule has 5 heteroatoms. The molecule has 1 N–H and O–H groups in total. The molecular formula is C14H20BrNO3. The summed E-state index contributed by atoms with van der Waals surface area (Å²) in [5.74, 6) is 1.47. The molecule has 0 amide bonds. The summed E-state index contributed by atoms with van der Waals surface area (Å²) in [5, 5.41) is 3.51. The lowest BCUT2D eigenvalue weighted by Gasteiger charge is -2.23. The van der Waals surface area contributed by atoms with Crippen molar-refractivity contribution >= 4 is 15.9 Å². The first kappa shape index (κ1) is 14.6. The summed E-state index contributed by atoms with van der Waals surface area (Å²) in [6.45, 7) is 2.49. The lowest BCUT2D eigenvalue weighted by Crippen LogP contribution is -2.36. The van der Waals surface area contributed by atoms with Gasteiger partial charge in [-0.2, -0.15) is 0 Å². The van der Waals surface area contributed by atoms with Crippen molar-refractivity contribution in [1.29, 1.82) is 0 Å². The molecule has 1 aliphatic rings. The van der Waals surface area contributed by atoms with E-state index in [2.05, 4.69) is 27.3 Å². The number of methoxy groups -OCH3 is 2. The van der Waals surface area contributed by atoms with Gasteiger partial charge in [0.25, 0.3) is 0 Å². The Morgan fingerprint density at radius 2 is 2.21 bits per heavy atom. The van der Waals surface area contributed by atoms with E-state index in [0.29, 0.717) is 6.04 Å². The number of nitrogens with one attached hydrogen (secondary N) is 1. The molecule has 1 fully saturated rings. The molecule has 1 aromatic rings. The topological polar surface area (TPSA) is 39.7 Å². The Morgan fingerprint density at radius 1 is 1.37 bits per heavy atom. The van der Waals surface area contributed by atoms with Crippen LogP contribution in [-0.2, 0) is 11.3 Å². The monoisotopic (exact) mass is 329 g/mol. The van der Waals surface area contributed by atoms with Crippen LogP contribution in [0.25, 0.3) is 0 Å². The molecular weight excluding hydrogens is 310 g/mol. The second-order valence-corrected chi connectivity index (χ2v) is 5.46. The van der Waals surface area contributed by atoms with Crippen LogP contribution in [-0.4, -0.2) is 33.5 Å². The third-order valence-corrected chi connectivity index (χ3v) is 3.84. The van der Waals surface area contributed by atoms with Crippen molar-refractivity contribution < 1.29 is 14.2 Å². The van der Waals surface area contributed by atoms with Crippen LogP contribution in [0.5, 0.6) is 11.5 Å². The van der Waals surface area contributed by atoms with Gasteiger partial charge >= 0.3 is 0 Å². The molecule has 1 heterocycles. The van der Waals surface area contributed by atoms with Crippen LogP contribution in [0.4, 0.5) is 0 Å². The summed E-state index contributed by atoms with van der Waals surface area (Å²) >= 11 is 3.51. The van der Waals surface area contributed by atoms with Crippen LogP contribution < -0.4 is 14.8 Å². The first-order valence-corrected chi connectivity index (χ1v) is 7.25. The van der Waals surface area contributed by atoms with Crippen LogP contribution in [0.2, 0.25) is 0 Å². The molecule has 2 rings (SSSR count). The number of hydrogen-bond donors (Lipinski definition) is 1. The van der Waals surface area contributed by atoms with E-state index < -0.39 is 0 Å². The normalized spacial score (nSPS) is 19.2. The van der Waals surface area contributed by atoms with Crippen LogP contribution >= 0.6 is 15.9 Å². The Hall–Kier alpha value is -0.780. The molecule has 0 aliphatic carbocycles. The van der Waals surface area contributed by atoms with Crippen LogP contribution in [0, 0.1) is 0 Å². The maximum atomic E-state index is 5.46. The Bertz CT molecular complexity index is 419. The van der Waals surface area contributed by atoms with Crippen LogP contribution in [0.15, 0.2) is 16.6 Å². The molecule has 0 bridgehead atoms. The molecule has 1 aromatic carbocycles. The number of hydrogen-bond acceptors (Lipinski definition) is 4. The fourth-order valence-electron chi connectivity index (χ4n) is 2.24. The molecule has 4 nitrogen and oxygen atoms in total. The van der Waals surface area contributed by atoms with Gasteiger partial charge in [0.05, 0.1) is 25.3 Å². The smallest absolute Gasteiger partial charge is 0.174 e. The van der Waals surface area contributed by atoms with Gasteiger partial charge in [0, 0.05) is 19.2 Å². The van der Waals surface area contributed by atoms with Crippen molar-refractivity contribution in [1.82, 2.24) is 5.32 Å². The summed E-state index contributed by atoms with van der Waals surface area (Å²) < 4.78 is 17.0. The lowest BCUT2D eigenvalue weighted by atomic mass is 10.1. The van der Waals surface area contributed by atoms with E-state index >= 15 is 0 Å². The fourth-order valence-corrected chi connectivity index (χ4v) is 2.89. The first-order chi connectivity index (χ1) is 9.24. The van der Waals surface area contributed by atoms with Gasteiger partial charge in [0.2, 0.25) is 0 Å². The molecule has 0 saturated carbocycles. The molecule has 0 spiro atoms. The standard InChI is InChI=1S/C14H20BrNO3/c1-17-13-7-10(6-12(15)14(13)18-2)8-16-11-4-3-5-19-9-11/h6-7,11,16H,3-5,8-9H2,1-2H3. The zero-order valence-corrected chi connectivity index (χ0v) is 13.0. The lowest BCUT2D eigenvalue weighted by molar-refractivity contribution is 0.0699. The highest BCUT2D eigenvalue weighted by atomic mass is 79.9. The van der Waals surface area contributed by atoms with Crippen molar-refractivity contribution in [2.45, 2.75) is 25.4 Å². The number of halogens is 1. The van der Waals surface area contributed by atoms with Crippen molar-refractivity contribution in [3.05, 3.63) is 22.2 Å². The van der Waals surface area contributed by atoms with Gasteiger partial charge in [0.1, 0.15) is 0 Å². The fraction of sp³-hybridized carbons (Fsp3) is 0.571. The maximum absolute atomic E-state index is 5.46. The summed E-state index contributed by atoms with van der Waals surface area (Å²) in [4.78, 5) is 0. The highest BCUT2D eigenvalue weighted by Gasteiger charge is 2.14. The molecule has 19 heavy (non-hydrogen) atoms. The van der Waals surface area contributed by atoms with Crippen LogP contribution in [0.3, 0.4) is 0 Å². The third-order valence-electron chi connectivity index (χ3n) is 3.25. The first-order valence-electron chi connectivity index (χ1n) is 6.46. The van der Waals surface area contributed by atoms with Gasteiger partial charge in [-0.25, -0.2) is 0 Å². The second kappa shape index (κ2) is 7.12. The molecule has 1 atom stereocenters. The number of benzene rings is 1. The molecule has 1 saturated heterocycles. The highest BCUT2D eigenvalue weighted by Crippen LogP contribution is 2.36. The number of rotatable bonds is 5. The second-order valence-electron chi connectivity index (χ2n) is 4.61. The van der Waals surface area contributed by atoms with Crippen molar-refractivity contribution in [3.8, 4) is 11.5 Å². The molecule has 1 unspecified atom stereocenters. The predicted octanol–water partition coefficient (Wildman–Crippen LogP) is 2.73. The minimum absolute atomic E-state index is 0.445. The maximum Gasteiger partial charge on any atom is 0.174 e. The van der Waals surface area contributed by atoms with E-state index in [1.54, 1.807) is 14.2 Å². The average molecular weight is 330 g/mol. The highest BCUT2D eigenvalue weighted by molar-refractivity contribution is 9.10. The number of ether oxygens (including phenoxy) is 3. The molecule has 0 radical (unpaired) electrons. The van der Waals surface area contributed by atoms with E-state index in [9.17, 15) is 0 Å². The quantitative estimate of drug-likeness (QED) is 0.901. The minimum Gasteiger partial charge on any atom is -0.493 e. The Morgan fingerprint density at radius 3 is 2.84 bits per heavy atom. The largest absolute Gasteiger partial charge is 0.493 e. The van der Waals surface area contributed by atoms with E-state index in [1.165, 1.54) is 6.42 Å². The van der Waals surface area contributed by atoms with Gasteiger partial charge < -0.3 is 19.5 Å². The predicted molar refractivity (Wildman–Crippen MR) is 77.9 cm³/mol. The summed E-state index contributed by atoms with van der Waals surface area (Å²) in [6, 6.07) is 4.50. The van der Waals surface area contributed by atoms with Gasteiger partial charge in [-0.05, 0) is 46.5 Å². The molecule has 0 aromatic heterocycles. The van der Waals surface area contributed by atoms with E-state index in [0.717, 1.165) is 47.7 Å². The Balaban J connectivity index is 2.01. The zero-order valence-electron chi connectivity index (χ0n) is 11.4. The Kier molecular flexibility index (Phi) is 5.48. The summed E-state index contributed by atoms with van der Waals surface area (Å²) in [5.41, 5.74) is 1.16. The van der Waals surface area contributed by atoms with Gasteiger partial charge in [-0.3, -0.25) is 0 Å². The van der Waals surface area contributed by atoms with Crippen molar-refractivity contribution in [2.24, 2.45) is 0 Å². The van der Waals surface area contributed by atoms with E-state index in [4.69, 9.17) is 14.2 Å².